The van der Waals surface area contributed by atoms with Crippen LogP contribution < -0.4 is 4.74 Å². The number of carbonyl (C=O) groups is 1. The first-order chi connectivity index (χ1) is 12.5. The second kappa shape index (κ2) is 8.38. The lowest BCUT2D eigenvalue weighted by Crippen LogP contribution is -2.33. The zero-order valence-corrected chi connectivity index (χ0v) is 15.8. The van der Waals surface area contributed by atoms with Gasteiger partial charge < -0.3 is 14.7 Å². The van der Waals surface area contributed by atoms with E-state index in [-0.39, 0.29) is 23.6 Å². The van der Waals surface area contributed by atoms with Crippen LogP contribution in [0.3, 0.4) is 0 Å². The fourth-order valence-electron chi connectivity index (χ4n) is 4.12. The van der Waals surface area contributed by atoms with E-state index < -0.39 is 0 Å². The molecule has 4 nitrogen and oxygen atoms in total. The summed E-state index contributed by atoms with van der Waals surface area (Å²) >= 11 is 0. The van der Waals surface area contributed by atoms with E-state index in [4.69, 9.17) is 4.74 Å². The Balaban J connectivity index is 1.61. The molecule has 1 amide bonds. The van der Waals surface area contributed by atoms with Gasteiger partial charge in [-0.3, -0.25) is 4.79 Å². The molecule has 0 spiro atoms. The number of aliphatic hydroxyl groups is 1. The maximum absolute atomic E-state index is 14.2. The molecule has 1 fully saturated rings. The standard InChI is InChI=1S/C21H30FNO3/c1-3-4-9-26-20-11-18-17(10-19(20)22)13-23(21(18)25)12-15-5-7-16(8-6-15)14(2)24/h10-11,14-16,24H,3-9,12-13H2,1-2H3. The monoisotopic (exact) mass is 363 g/mol. The molecule has 1 atom stereocenters. The second-order valence-corrected chi connectivity index (χ2v) is 7.85. The van der Waals surface area contributed by atoms with E-state index in [1.165, 1.54) is 6.07 Å². The highest BCUT2D eigenvalue weighted by molar-refractivity contribution is 5.98. The van der Waals surface area contributed by atoms with E-state index in [0.29, 0.717) is 37.1 Å². The Bertz CT molecular complexity index is 638. The van der Waals surface area contributed by atoms with Gasteiger partial charge in [0.25, 0.3) is 5.91 Å². The van der Waals surface area contributed by atoms with Gasteiger partial charge in [0.2, 0.25) is 0 Å². The van der Waals surface area contributed by atoms with Crippen molar-refractivity contribution in [2.24, 2.45) is 11.8 Å². The predicted octanol–water partition coefficient (Wildman–Crippen LogP) is 4.15. The molecule has 0 bridgehead atoms. The van der Waals surface area contributed by atoms with Crippen LogP contribution in [0.1, 0.15) is 68.3 Å². The number of fused-ring (bicyclic) bond motifs is 1. The van der Waals surface area contributed by atoms with Gasteiger partial charge in [0.05, 0.1) is 12.7 Å². The van der Waals surface area contributed by atoms with Crippen molar-refractivity contribution >= 4 is 5.91 Å². The van der Waals surface area contributed by atoms with E-state index >= 15 is 0 Å². The number of hydrogen-bond acceptors (Lipinski definition) is 3. The molecule has 1 unspecified atom stereocenters. The first-order valence-electron chi connectivity index (χ1n) is 9.92. The second-order valence-electron chi connectivity index (χ2n) is 7.85. The molecular formula is C21H30FNO3. The van der Waals surface area contributed by atoms with Crippen molar-refractivity contribution in [3.8, 4) is 5.75 Å². The van der Waals surface area contributed by atoms with Crippen molar-refractivity contribution < 1.29 is 19.0 Å². The minimum Gasteiger partial charge on any atom is -0.490 e. The fourth-order valence-corrected chi connectivity index (χ4v) is 4.12. The van der Waals surface area contributed by atoms with Crippen molar-refractivity contribution in [1.82, 2.24) is 4.90 Å². The largest absolute Gasteiger partial charge is 0.490 e. The van der Waals surface area contributed by atoms with Crippen molar-refractivity contribution in [3.05, 3.63) is 29.1 Å². The maximum atomic E-state index is 14.2. The SMILES string of the molecule is CCCCOc1cc2c(cc1F)CN(CC1CCC(C(C)O)CC1)C2=O. The normalized spacial score (nSPS) is 23.8. The van der Waals surface area contributed by atoms with Crippen LogP contribution in [0, 0.1) is 17.7 Å². The summed E-state index contributed by atoms with van der Waals surface area (Å²) < 4.78 is 19.7. The molecule has 0 aromatic heterocycles. The van der Waals surface area contributed by atoms with Crippen molar-refractivity contribution in [2.75, 3.05) is 13.2 Å². The summed E-state index contributed by atoms with van der Waals surface area (Å²) in [5, 5.41) is 9.73. The van der Waals surface area contributed by atoms with Gasteiger partial charge in [0.1, 0.15) is 0 Å². The fraction of sp³-hybridized carbons (Fsp3) is 0.667. The number of nitrogens with zero attached hydrogens (tertiary/aromatic N) is 1. The molecule has 1 aliphatic heterocycles. The molecule has 0 saturated heterocycles. The van der Waals surface area contributed by atoms with Crippen LogP contribution in [-0.4, -0.2) is 35.2 Å². The topological polar surface area (TPSA) is 49.8 Å². The third-order valence-electron chi connectivity index (χ3n) is 5.84. The van der Waals surface area contributed by atoms with Gasteiger partial charge in [-0.15, -0.1) is 0 Å². The molecule has 0 radical (unpaired) electrons. The van der Waals surface area contributed by atoms with Crippen LogP contribution in [0.5, 0.6) is 5.75 Å². The summed E-state index contributed by atoms with van der Waals surface area (Å²) in [6.45, 7) is 5.58. The number of hydrogen-bond donors (Lipinski definition) is 1. The Labute approximate surface area is 155 Å². The highest BCUT2D eigenvalue weighted by atomic mass is 19.1. The van der Waals surface area contributed by atoms with Gasteiger partial charge in [0, 0.05) is 18.7 Å². The van der Waals surface area contributed by atoms with Crippen LogP contribution in [0.4, 0.5) is 4.39 Å². The number of amides is 1. The molecule has 2 aliphatic rings. The molecule has 26 heavy (non-hydrogen) atoms. The van der Waals surface area contributed by atoms with Crippen LogP contribution >= 0.6 is 0 Å². The average molecular weight is 363 g/mol. The molecule has 3 rings (SSSR count). The quantitative estimate of drug-likeness (QED) is 0.741. The molecule has 1 heterocycles. The van der Waals surface area contributed by atoms with Gasteiger partial charge in [0.15, 0.2) is 11.6 Å². The van der Waals surface area contributed by atoms with Crippen molar-refractivity contribution in [1.29, 1.82) is 0 Å². The number of carbonyl (C=O) groups excluding carboxylic acids is 1. The molecule has 1 aromatic carbocycles. The number of halogens is 1. The molecule has 1 saturated carbocycles. The first kappa shape index (κ1) is 19.2. The highest BCUT2D eigenvalue weighted by Crippen LogP contribution is 2.34. The summed E-state index contributed by atoms with van der Waals surface area (Å²) in [7, 11) is 0. The van der Waals surface area contributed by atoms with Crippen LogP contribution in [-0.2, 0) is 6.54 Å². The van der Waals surface area contributed by atoms with E-state index in [9.17, 15) is 14.3 Å². The Kier molecular flexibility index (Phi) is 6.17. The van der Waals surface area contributed by atoms with E-state index in [2.05, 4.69) is 6.92 Å². The van der Waals surface area contributed by atoms with Gasteiger partial charge in [-0.1, -0.05) is 13.3 Å². The Morgan fingerprint density at radius 3 is 2.69 bits per heavy atom. The third kappa shape index (κ3) is 4.20. The molecule has 1 aliphatic carbocycles. The number of ether oxygens (including phenoxy) is 1. The van der Waals surface area contributed by atoms with Gasteiger partial charge in [-0.05, 0) is 68.6 Å². The van der Waals surface area contributed by atoms with Crippen molar-refractivity contribution in [2.45, 2.75) is 65.0 Å². The predicted molar refractivity (Wildman–Crippen MR) is 98.7 cm³/mol. The van der Waals surface area contributed by atoms with Gasteiger partial charge in [-0.25, -0.2) is 4.39 Å². The number of benzene rings is 1. The minimum absolute atomic E-state index is 0.0157. The lowest BCUT2D eigenvalue weighted by Gasteiger charge is -2.32. The summed E-state index contributed by atoms with van der Waals surface area (Å²) in [5.41, 5.74) is 1.34. The zero-order chi connectivity index (χ0) is 18.7. The number of aliphatic hydroxyl groups excluding tert-OH is 1. The van der Waals surface area contributed by atoms with E-state index in [1.54, 1.807) is 6.07 Å². The smallest absolute Gasteiger partial charge is 0.254 e. The van der Waals surface area contributed by atoms with E-state index in [1.807, 2.05) is 11.8 Å². The van der Waals surface area contributed by atoms with Crippen molar-refractivity contribution in [3.63, 3.8) is 0 Å². The van der Waals surface area contributed by atoms with Gasteiger partial charge in [-0.2, -0.15) is 0 Å². The first-order valence-corrected chi connectivity index (χ1v) is 9.92. The average Bonchev–Trinajstić information content (AvgIpc) is 2.91. The molecule has 1 N–H and O–H groups in total. The van der Waals surface area contributed by atoms with Crippen LogP contribution in [0.15, 0.2) is 12.1 Å². The molecule has 144 valence electrons. The van der Waals surface area contributed by atoms with E-state index in [0.717, 1.165) is 44.1 Å². The molecular weight excluding hydrogens is 333 g/mol. The number of rotatable bonds is 7. The Morgan fingerprint density at radius 1 is 1.31 bits per heavy atom. The molecule has 5 heteroatoms. The lowest BCUT2D eigenvalue weighted by molar-refractivity contribution is 0.0647. The summed E-state index contributed by atoms with van der Waals surface area (Å²) in [6, 6.07) is 3.03. The maximum Gasteiger partial charge on any atom is 0.254 e. The molecule has 1 aromatic rings. The zero-order valence-electron chi connectivity index (χ0n) is 15.8. The number of unbranched alkanes of at least 4 members (excludes halogenated alkanes) is 1. The summed E-state index contributed by atoms with van der Waals surface area (Å²) in [4.78, 5) is 14.6. The Hall–Kier alpha value is -1.62. The third-order valence-corrected chi connectivity index (χ3v) is 5.84. The lowest BCUT2D eigenvalue weighted by atomic mass is 9.79. The van der Waals surface area contributed by atoms with Crippen LogP contribution in [0.25, 0.3) is 0 Å². The summed E-state index contributed by atoms with van der Waals surface area (Å²) in [5.74, 6) is 0.637. The minimum atomic E-state index is -0.382. The Morgan fingerprint density at radius 2 is 2.04 bits per heavy atom. The summed E-state index contributed by atoms with van der Waals surface area (Å²) in [6.07, 6.45) is 5.71. The van der Waals surface area contributed by atoms with Crippen LogP contribution in [0.2, 0.25) is 0 Å². The highest BCUT2D eigenvalue weighted by Gasteiger charge is 2.32. The van der Waals surface area contributed by atoms with Gasteiger partial charge >= 0.3 is 0 Å².